The number of aliphatic carboxylic acids is 1. The molecule has 130 valence electrons. The van der Waals surface area contributed by atoms with Gasteiger partial charge in [0.25, 0.3) is 0 Å². The zero-order chi connectivity index (χ0) is 16.6. The van der Waals surface area contributed by atoms with Gasteiger partial charge in [-0.2, -0.15) is 0 Å². The number of hydrogen-bond acceptors (Lipinski definition) is 3. The Kier molecular flexibility index (Phi) is 14.4. The molecule has 0 aliphatic heterocycles. The summed E-state index contributed by atoms with van der Waals surface area (Å²) in [6, 6.07) is 0. The quantitative estimate of drug-likeness (QED) is 0.315. The van der Waals surface area contributed by atoms with Crippen LogP contribution in [-0.2, 0) is 4.79 Å². The summed E-state index contributed by atoms with van der Waals surface area (Å²) in [5.41, 5.74) is 0. The lowest BCUT2D eigenvalue weighted by atomic mass is 10.0. The maximum Gasteiger partial charge on any atom is 0.303 e. The van der Waals surface area contributed by atoms with Crippen molar-refractivity contribution in [3.05, 3.63) is 12.2 Å². The van der Waals surface area contributed by atoms with Crippen molar-refractivity contribution in [2.24, 2.45) is 0 Å². The minimum Gasteiger partial charge on any atom is -0.481 e. The van der Waals surface area contributed by atoms with Crippen LogP contribution >= 0.6 is 0 Å². The number of aliphatic hydroxyl groups excluding tert-OH is 2. The molecule has 0 radical (unpaired) electrons. The highest BCUT2D eigenvalue weighted by Crippen LogP contribution is 2.11. The average Bonchev–Trinajstić information content (AvgIpc) is 2.47. The van der Waals surface area contributed by atoms with E-state index in [1.54, 1.807) is 12.2 Å². The molecule has 3 N–H and O–H groups in total. The summed E-state index contributed by atoms with van der Waals surface area (Å²) < 4.78 is 0. The van der Waals surface area contributed by atoms with E-state index < -0.39 is 18.2 Å². The molecule has 0 rings (SSSR count). The Labute approximate surface area is 135 Å². The van der Waals surface area contributed by atoms with Gasteiger partial charge in [-0.05, 0) is 19.3 Å². The Morgan fingerprint density at radius 2 is 1.27 bits per heavy atom. The van der Waals surface area contributed by atoms with Crippen molar-refractivity contribution in [2.45, 2.75) is 96.2 Å². The van der Waals surface area contributed by atoms with E-state index >= 15 is 0 Å². The summed E-state index contributed by atoms with van der Waals surface area (Å²) in [4.78, 5) is 10.3. The Morgan fingerprint density at radius 3 is 1.77 bits per heavy atom. The van der Waals surface area contributed by atoms with Crippen molar-refractivity contribution in [3.63, 3.8) is 0 Å². The molecule has 2 atom stereocenters. The number of carboxylic acid groups (broad SMARTS) is 1. The van der Waals surface area contributed by atoms with Crippen LogP contribution < -0.4 is 0 Å². The molecule has 0 aromatic heterocycles. The minimum atomic E-state index is -0.716. The van der Waals surface area contributed by atoms with Crippen LogP contribution in [0.1, 0.15) is 84.0 Å². The third kappa shape index (κ3) is 15.5. The normalized spacial score (nSPS) is 14.3. The molecular formula is C18H34O4. The number of carboxylic acids is 1. The van der Waals surface area contributed by atoms with E-state index in [9.17, 15) is 15.0 Å². The van der Waals surface area contributed by atoms with Gasteiger partial charge in [0.1, 0.15) is 0 Å². The fourth-order valence-corrected chi connectivity index (χ4v) is 2.39. The Balaban J connectivity index is 3.44. The minimum absolute atomic E-state index is 0.268. The van der Waals surface area contributed by atoms with Gasteiger partial charge >= 0.3 is 5.97 Å². The molecule has 22 heavy (non-hydrogen) atoms. The molecule has 0 amide bonds. The maximum atomic E-state index is 10.3. The molecule has 0 aromatic carbocycles. The van der Waals surface area contributed by atoms with Crippen molar-refractivity contribution >= 4 is 5.97 Å². The van der Waals surface area contributed by atoms with Crippen molar-refractivity contribution in [1.82, 2.24) is 0 Å². The first-order valence-corrected chi connectivity index (χ1v) is 8.82. The first-order chi connectivity index (χ1) is 10.6. The van der Waals surface area contributed by atoms with Gasteiger partial charge < -0.3 is 15.3 Å². The molecule has 2 unspecified atom stereocenters. The van der Waals surface area contributed by atoms with Crippen LogP contribution in [-0.4, -0.2) is 33.5 Å². The molecule has 0 spiro atoms. The number of hydrogen-bond donors (Lipinski definition) is 3. The van der Waals surface area contributed by atoms with Crippen LogP contribution in [0.25, 0.3) is 0 Å². The summed E-state index contributed by atoms with van der Waals surface area (Å²) >= 11 is 0. The van der Waals surface area contributed by atoms with Crippen molar-refractivity contribution < 1.29 is 20.1 Å². The maximum absolute atomic E-state index is 10.3. The number of rotatable bonds is 15. The van der Waals surface area contributed by atoms with E-state index in [4.69, 9.17) is 5.11 Å². The van der Waals surface area contributed by atoms with E-state index in [1.165, 1.54) is 0 Å². The zero-order valence-corrected chi connectivity index (χ0v) is 14.0. The third-order valence-corrected chi connectivity index (χ3v) is 3.80. The topological polar surface area (TPSA) is 77.8 Å². The number of unbranched alkanes of at least 4 members (excludes halogenated alkanes) is 7. The fraction of sp³-hybridized carbons (Fsp3) is 0.833. The van der Waals surface area contributed by atoms with Crippen molar-refractivity contribution in [1.29, 1.82) is 0 Å². The monoisotopic (exact) mass is 314 g/mol. The highest BCUT2D eigenvalue weighted by atomic mass is 16.4. The Hall–Kier alpha value is -0.870. The Bertz CT molecular complexity index is 289. The number of aliphatic hydroxyl groups is 2. The van der Waals surface area contributed by atoms with Crippen LogP contribution in [0.5, 0.6) is 0 Å². The summed E-state index contributed by atoms with van der Waals surface area (Å²) in [5, 5.41) is 28.0. The average molecular weight is 314 g/mol. The molecular weight excluding hydrogens is 280 g/mol. The first-order valence-electron chi connectivity index (χ1n) is 8.82. The van der Waals surface area contributed by atoms with E-state index in [2.05, 4.69) is 6.92 Å². The van der Waals surface area contributed by atoms with Crippen LogP contribution in [0.4, 0.5) is 0 Å². The summed E-state index contributed by atoms with van der Waals surface area (Å²) in [5.74, 6) is -0.716. The van der Waals surface area contributed by atoms with E-state index in [0.29, 0.717) is 0 Å². The lowest BCUT2D eigenvalue weighted by Gasteiger charge is -2.08. The highest BCUT2D eigenvalue weighted by molar-refractivity contribution is 5.66. The second kappa shape index (κ2) is 15.0. The second-order valence-electron chi connectivity index (χ2n) is 6.07. The molecule has 0 saturated heterocycles. The van der Waals surface area contributed by atoms with Gasteiger partial charge in [-0.1, -0.05) is 70.4 Å². The predicted octanol–water partition coefficient (Wildman–Crippen LogP) is 4.05. The van der Waals surface area contributed by atoms with Gasteiger partial charge in [-0.3, -0.25) is 4.79 Å². The predicted molar refractivity (Wildman–Crippen MR) is 89.9 cm³/mol. The standard InChI is InChI=1S/C18H34O4/c1-2-3-8-11-16(19)14-15-17(20)12-9-6-4-5-7-10-13-18(21)22/h14-17,19-20H,2-13H2,1H3,(H,21,22)/b15-14+. The van der Waals surface area contributed by atoms with Gasteiger partial charge in [0.05, 0.1) is 12.2 Å². The highest BCUT2D eigenvalue weighted by Gasteiger charge is 2.03. The van der Waals surface area contributed by atoms with E-state index in [0.717, 1.165) is 70.6 Å². The SMILES string of the molecule is CCCCCC(O)/C=C/C(O)CCCCCCCCC(=O)O. The van der Waals surface area contributed by atoms with Gasteiger partial charge in [-0.15, -0.1) is 0 Å². The molecule has 0 bridgehead atoms. The van der Waals surface area contributed by atoms with Crippen LogP contribution in [0.3, 0.4) is 0 Å². The molecule has 0 aliphatic carbocycles. The molecule has 4 heteroatoms. The third-order valence-electron chi connectivity index (χ3n) is 3.80. The summed E-state index contributed by atoms with van der Waals surface area (Å²) in [6.07, 6.45) is 13.5. The Morgan fingerprint density at radius 1 is 0.818 bits per heavy atom. The molecule has 0 heterocycles. The van der Waals surface area contributed by atoms with Gasteiger partial charge in [-0.25, -0.2) is 0 Å². The van der Waals surface area contributed by atoms with E-state index in [1.807, 2.05) is 0 Å². The van der Waals surface area contributed by atoms with Crippen molar-refractivity contribution in [3.8, 4) is 0 Å². The summed E-state index contributed by atoms with van der Waals surface area (Å²) in [7, 11) is 0. The zero-order valence-electron chi connectivity index (χ0n) is 14.0. The fourth-order valence-electron chi connectivity index (χ4n) is 2.39. The first kappa shape index (κ1) is 21.1. The summed E-state index contributed by atoms with van der Waals surface area (Å²) in [6.45, 7) is 2.14. The van der Waals surface area contributed by atoms with Gasteiger partial charge in [0.15, 0.2) is 0 Å². The van der Waals surface area contributed by atoms with Gasteiger partial charge in [0.2, 0.25) is 0 Å². The number of carbonyl (C=O) groups is 1. The lowest BCUT2D eigenvalue weighted by molar-refractivity contribution is -0.137. The van der Waals surface area contributed by atoms with Crippen molar-refractivity contribution in [2.75, 3.05) is 0 Å². The van der Waals surface area contributed by atoms with Crippen LogP contribution in [0.15, 0.2) is 12.2 Å². The smallest absolute Gasteiger partial charge is 0.303 e. The largest absolute Gasteiger partial charge is 0.481 e. The van der Waals surface area contributed by atoms with Gasteiger partial charge in [0, 0.05) is 6.42 Å². The van der Waals surface area contributed by atoms with E-state index in [-0.39, 0.29) is 6.42 Å². The van der Waals surface area contributed by atoms with Crippen LogP contribution in [0.2, 0.25) is 0 Å². The molecule has 0 saturated carbocycles. The molecule has 0 aromatic rings. The molecule has 0 fully saturated rings. The van der Waals surface area contributed by atoms with Crippen LogP contribution in [0, 0.1) is 0 Å². The molecule has 0 aliphatic rings. The lowest BCUT2D eigenvalue weighted by Crippen LogP contribution is -2.06. The second-order valence-corrected chi connectivity index (χ2v) is 6.07. The molecule has 4 nitrogen and oxygen atoms in total.